The first-order valence-electron chi connectivity index (χ1n) is 8.62. The zero-order valence-electron chi connectivity index (χ0n) is 15.8. The number of hydrogen-bond donors (Lipinski definition) is 2. The van der Waals surface area contributed by atoms with Gasteiger partial charge in [0.25, 0.3) is 0 Å². The van der Waals surface area contributed by atoms with Gasteiger partial charge in [-0.3, -0.25) is 4.79 Å². The summed E-state index contributed by atoms with van der Waals surface area (Å²) in [5.41, 5.74) is 4.62. The number of nitrogens with zero attached hydrogens (tertiary/aromatic N) is 2. The summed E-state index contributed by atoms with van der Waals surface area (Å²) < 4.78 is 56.8. The predicted octanol–water partition coefficient (Wildman–Crippen LogP) is 2.20. The molecule has 0 bridgehead atoms. The first kappa shape index (κ1) is 22.8. The first-order valence-corrected chi connectivity index (χ1v) is 8.62. The standard InChI is InChI=1S/C19H18F4N4O3/c1-11(28)25-4-5-30-18(29)14(8-24)17-26-9-13(10-27-17)6-12-2-3-16(20)15(7-12)19(21,22)23/h2-3,7-10H,4-6,24H2,1H3,(H,25,28)/b14-8+. The predicted molar refractivity (Wildman–Crippen MR) is 98.0 cm³/mol. The van der Waals surface area contributed by atoms with E-state index in [1.807, 2.05) is 0 Å². The molecule has 0 unspecified atom stereocenters. The van der Waals surface area contributed by atoms with Crippen molar-refractivity contribution in [1.29, 1.82) is 0 Å². The van der Waals surface area contributed by atoms with Crippen LogP contribution in [0.25, 0.3) is 5.57 Å². The number of benzene rings is 1. The van der Waals surface area contributed by atoms with Crippen molar-refractivity contribution in [3.05, 3.63) is 65.1 Å². The van der Waals surface area contributed by atoms with Crippen LogP contribution in [0.1, 0.15) is 29.4 Å². The highest BCUT2D eigenvalue weighted by Crippen LogP contribution is 2.32. The molecule has 0 aliphatic heterocycles. The summed E-state index contributed by atoms with van der Waals surface area (Å²) in [6.45, 7) is 1.36. The number of rotatable bonds is 7. The molecule has 0 aliphatic rings. The third-order valence-electron chi connectivity index (χ3n) is 3.79. The van der Waals surface area contributed by atoms with Crippen molar-refractivity contribution in [2.24, 2.45) is 5.73 Å². The fourth-order valence-electron chi connectivity index (χ4n) is 2.40. The summed E-state index contributed by atoms with van der Waals surface area (Å²) >= 11 is 0. The summed E-state index contributed by atoms with van der Waals surface area (Å²) in [7, 11) is 0. The van der Waals surface area contributed by atoms with E-state index in [1.54, 1.807) is 0 Å². The molecule has 160 valence electrons. The lowest BCUT2D eigenvalue weighted by molar-refractivity contribution is -0.140. The highest BCUT2D eigenvalue weighted by atomic mass is 19.4. The van der Waals surface area contributed by atoms with E-state index in [1.165, 1.54) is 25.4 Å². The summed E-state index contributed by atoms with van der Waals surface area (Å²) in [4.78, 5) is 30.8. The average Bonchev–Trinajstić information content (AvgIpc) is 2.67. The molecule has 3 N–H and O–H groups in total. The van der Waals surface area contributed by atoms with Gasteiger partial charge in [0.15, 0.2) is 5.82 Å². The lowest BCUT2D eigenvalue weighted by atomic mass is 10.0. The van der Waals surface area contributed by atoms with Crippen LogP contribution in [0.15, 0.2) is 36.8 Å². The van der Waals surface area contributed by atoms with Gasteiger partial charge in [-0.2, -0.15) is 13.2 Å². The normalized spacial score (nSPS) is 11.8. The minimum atomic E-state index is -4.80. The van der Waals surface area contributed by atoms with Crippen molar-refractivity contribution in [3.8, 4) is 0 Å². The SMILES string of the molecule is CC(=O)NCCOC(=O)/C(=C/N)c1ncc(Cc2ccc(F)c(C(F)(F)F)c2)cn1. The number of hydrogen-bond acceptors (Lipinski definition) is 6. The van der Waals surface area contributed by atoms with Crippen molar-refractivity contribution in [3.63, 3.8) is 0 Å². The molecule has 30 heavy (non-hydrogen) atoms. The zero-order valence-corrected chi connectivity index (χ0v) is 15.8. The van der Waals surface area contributed by atoms with Crippen molar-refractivity contribution in [1.82, 2.24) is 15.3 Å². The molecule has 1 aromatic heterocycles. The van der Waals surface area contributed by atoms with E-state index in [0.29, 0.717) is 5.56 Å². The van der Waals surface area contributed by atoms with Gasteiger partial charge in [-0.1, -0.05) is 6.07 Å². The number of alkyl halides is 3. The third-order valence-corrected chi connectivity index (χ3v) is 3.79. The molecule has 1 aromatic carbocycles. The van der Waals surface area contributed by atoms with Crippen molar-refractivity contribution in [2.45, 2.75) is 19.5 Å². The largest absolute Gasteiger partial charge is 0.460 e. The van der Waals surface area contributed by atoms with E-state index >= 15 is 0 Å². The lowest BCUT2D eigenvalue weighted by Gasteiger charge is -2.10. The Morgan fingerprint density at radius 1 is 1.20 bits per heavy atom. The number of nitrogens with two attached hydrogens (primary N) is 1. The molecule has 0 saturated carbocycles. The second kappa shape index (κ2) is 9.81. The van der Waals surface area contributed by atoms with Crippen LogP contribution in [0.2, 0.25) is 0 Å². The number of amides is 1. The Bertz CT molecular complexity index is 944. The number of esters is 1. The second-order valence-electron chi connectivity index (χ2n) is 6.10. The van der Waals surface area contributed by atoms with Gasteiger partial charge in [0.2, 0.25) is 5.91 Å². The quantitative estimate of drug-likeness (QED) is 0.304. The van der Waals surface area contributed by atoms with Crippen LogP contribution in [0, 0.1) is 5.82 Å². The minimum absolute atomic E-state index is 0.0203. The van der Waals surface area contributed by atoms with Crippen LogP contribution < -0.4 is 11.1 Å². The Morgan fingerprint density at radius 3 is 2.43 bits per heavy atom. The molecule has 1 heterocycles. The monoisotopic (exact) mass is 426 g/mol. The van der Waals surface area contributed by atoms with Crippen molar-refractivity contribution in [2.75, 3.05) is 13.2 Å². The van der Waals surface area contributed by atoms with Crippen molar-refractivity contribution < 1.29 is 31.9 Å². The molecule has 2 aromatic rings. The van der Waals surface area contributed by atoms with E-state index in [2.05, 4.69) is 15.3 Å². The highest BCUT2D eigenvalue weighted by molar-refractivity contribution is 6.15. The molecule has 0 atom stereocenters. The van der Waals surface area contributed by atoms with Gasteiger partial charge in [-0.05, 0) is 23.3 Å². The average molecular weight is 426 g/mol. The number of halogens is 4. The van der Waals surface area contributed by atoms with Gasteiger partial charge >= 0.3 is 12.1 Å². The van der Waals surface area contributed by atoms with Crippen LogP contribution in [-0.2, 0) is 26.9 Å². The minimum Gasteiger partial charge on any atom is -0.460 e. The molecular formula is C19H18F4N4O3. The summed E-state index contributed by atoms with van der Waals surface area (Å²) in [6.07, 6.45) is -1.19. The summed E-state index contributed by atoms with van der Waals surface area (Å²) in [5.74, 6) is -2.47. The maximum absolute atomic E-state index is 13.4. The Balaban J connectivity index is 2.07. The fraction of sp³-hybridized carbons (Fsp3) is 0.263. The highest BCUT2D eigenvalue weighted by Gasteiger charge is 2.34. The molecule has 1 amide bonds. The van der Waals surface area contributed by atoms with Crippen LogP contribution in [-0.4, -0.2) is 35.0 Å². The van der Waals surface area contributed by atoms with Gasteiger partial charge in [0, 0.05) is 31.9 Å². The van der Waals surface area contributed by atoms with Crippen LogP contribution in [0.3, 0.4) is 0 Å². The van der Waals surface area contributed by atoms with Gasteiger partial charge in [0.1, 0.15) is 18.0 Å². The molecule has 7 nitrogen and oxygen atoms in total. The molecule has 11 heteroatoms. The molecule has 0 aliphatic carbocycles. The molecule has 0 fully saturated rings. The molecule has 0 saturated heterocycles. The molecule has 2 rings (SSSR count). The van der Waals surface area contributed by atoms with Crippen LogP contribution in [0.4, 0.5) is 17.6 Å². The van der Waals surface area contributed by atoms with E-state index in [0.717, 1.165) is 18.3 Å². The Hall–Kier alpha value is -3.50. The second-order valence-corrected chi connectivity index (χ2v) is 6.10. The smallest absolute Gasteiger partial charge is 0.419 e. The maximum Gasteiger partial charge on any atom is 0.419 e. The zero-order chi connectivity index (χ0) is 22.3. The first-order chi connectivity index (χ1) is 14.1. The molecule has 0 radical (unpaired) electrons. The number of carbonyl (C=O) groups excluding carboxylic acids is 2. The lowest BCUT2D eigenvalue weighted by Crippen LogP contribution is -2.26. The van der Waals surface area contributed by atoms with E-state index in [-0.39, 0.29) is 42.4 Å². The summed E-state index contributed by atoms with van der Waals surface area (Å²) in [5, 5.41) is 2.45. The summed E-state index contributed by atoms with van der Waals surface area (Å²) in [6, 6.07) is 2.71. The van der Waals surface area contributed by atoms with E-state index in [4.69, 9.17) is 10.5 Å². The Kier molecular flexibility index (Phi) is 7.45. The number of ether oxygens (including phenoxy) is 1. The van der Waals surface area contributed by atoms with Gasteiger partial charge < -0.3 is 15.8 Å². The van der Waals surface area contributed by atoms with Gasteiger partial charge in [-0.25, -0.2) is 19.2 Å². The number of aromatic nitrogens is 2. The van der Waals surface area contributed by atoms with E-state index < -0.39 is 23.5 Å². The topological polar surface area (TPSA) is 107 Å². The van der Waals surface area contributed by atoms with E-state index in [9.17, 15) is 27.2 Å². The van der Waals surface area contributed by atoms with Crippen LogP contribution >= 0.6 is 0 Å². The van der Waals surface area contributed by atoms with Crippen molar-refractivity contribution >= 4 is 17.4 Å². The maximum atomic E-state index is 13.4. The Morgan fingerprint density at radius 2 is 1.87 bits per heavy atom. The third kappa shape index (κ3) is 6.26. The Labute approximate surface area is 169 Å². The number of carbonyl (C=O) groups is 2. The fourth-order valence-corrected chi connectivity index (χ4v) is 2.40. The molecular weight excluding hydrogens is 408 g/mol. The van der Waals surface area contributed by atoms with Gasteiger partial charge in [-0.15, -0.1) is 0 Å². The molecule has 0 spiro atoms. The number of nitrogens with one attached hydrogen (secondary N) is 1. The van der Waals surface area contributed by atoms with Crippen LogP contribution in [0.5, 0.6) is 0 Å². The van der Waals surface area contributed by atoms with Gasteiger partial charge in [0.05, 0.1) is 12.1 Å².